The molecule has 0 aliphatic carbocycles. The maximum atomic E-state index is 14.2. The zero-order valence-electron chi connectivity index (χ0n) is 17.3. The van der Waals surface area contributed by atoms with Gasteiger partial charge < -0.3 is 14.8 Å². The van der Waals surface area contributed by atoms with E-state index in [2.05, 4.69) is 10.4 Å². The number of methoxy groups -OCH3 is 1. The summed E-state index contributed by atoms with van der Waals surface area (Å²) in [6, 6.07) is 8.63. The molecule has 0 fully saturated rings. The van der Waals surface area contributed by atoms with Crippen LogP contribution in [0.4, 0.5) is 8.78 Å². The monoisotopic (exact) mass is 415 g/mol. The minimum Gasteiger partial charge on any atom is -0.493 e. The van der Waals surface area contributed by atoms with E-state index in [1.54, 1.807) is 33.1 Å². The van der Waals surface area contributed by atoms with Crippen molar-refractivity contribution in [2.24, 2.45) is 0 Å². The molecule has 158 valence electrons. The van der Waals surface area contributed by atoms with E-state index in [9.17, 15) is 13.6 Å². The molecule has 0 aliphatic heterocycles. The molecule has 0 atom stereocenters. The third-order valence-corrected chi connectivity index (χ3v) is 4.64. The second-order valence-electron chi connectivity index (χ2n) is 6.65. The standard InChI is InChI=1S/C22H23F2N3O3/c1-5-30-20-10-15(6-9-19(20)29-4)12-25-22(28)21-13(2)26-27(14(21)3)18-8-7-16(23)11-17(18)24/h6-11H,5,12H2,1-4H3,(H,25,28). The molecule has 0 bridgehead atoms. The highest BCUT2D eigenvalue weighted by atomic mass is 19.1. The fourth-order valence-electron chi connectivity index (χ4n) is 3.23. The van der Waals surface area contributed by atoms with Gasteiger partial charge in [-0.2, -0.15) is 5.10 Å². The predicted molar refractivity (Wildman–Crippen MR) is 108 cm³/mol. The summed E-state index contributed by atoms with van der Waals surface area (Å²) in [6.07, 6.45) is 0. The van der Waals surface area contributed by atoms with Gasteiger partial charge in [0.05, 0.1) is 30.7 Å². The van der Waals surface area contributed by atoms with Crippen LogP contribution in [-0.2, 0) is 6.54 Å². The summed E-state index contributed by atoms with van der Waals surface area (Å²) in [6.45, 7) is 5.96. The Labute approximate surface area is 173 Å². The number of amides is 1. The molecule has 2 aromatic carbocycles. The van der Waals surface area contributed by atoms with Gasteiger partial charge in [-0.1, -0.05) is 6.07 Å². The summed E-state index contributed by atoms with van der Waals surface area (Å²) in [4.78, 5) is 12.8. The Hall–Kier alpha value is -3.42. The lowest BCUT2D eigenvalue weighted by molar-refractivity contribution is 0.0949. The Morgan fingerprint density at radius 2 is 1.90 bits per heavy atom. The number of halogens is 2. The molecule has 0 unspecified atom stereocenters. The van der Waals surface area contributed by atoms with E-state index in [-0.39, 0.29) is 18.1 Å². The molecule has 1 aromatic heterocycles. The normalized spacial score (nSPS) is 10.7. The van der Waals surface area contributed by atoms with Crippen molar-refractivity contribution in [2.45, 2.75) is 27.3 Å². The Morgan fingerprint density at radius 3 is 2.57 bits per heavy atom. The second kappa shape index (κ2) is 8.94. The summed E-state index contributed by atoms with van der Waals surface area (Å²) in [5, 5.41) is 7.11. The lowest BCUT2D eigenvalue weighted by Crippen LogP contribution is -2.24. The van der Waals surface area contributed by atoms with Gasteiger partial charge in [-0.3, -0.25) is 4.79 Å². The number of ether oxygens (including phenoxy) is 2. The Bertz CT molecular complexity index is 1080. The van der Waals surface area contributed by atoms with Gasteiger partial charge in [0.15, 0.2) is 17.3 Å². The van der Waals surface area contributed by atoms with E-state index >= 15 is 0 Å². The third kappa shape index (κ3) is 4.27. The van der Waals surface area contributed by atoms with E-state index in [0.29, 0.717) is 35.1 Å². The lowest BCUT2D eigenvalue weighted by atomic mass is 10.1. The van der Waals surface area contributed by atoms with Crippen LogP contribution >= 0.6 is 0 Å². The Balaban J connectivity index is 1.81. The van der Waals surface area contributed by atoms with Crippen molar-refractivity contribution in [3.05, 3.63) is 70.5 Å². The number of hydrogen-bond acceptors (Lipinski definition) is 4. The molecule has 1 amide bonds. The van der Waals surface area contributed by atoms with Crippen LogP contribution in [0.25, 0.3) is 5.69 Å². The van der Waals surface area contributed by atoms with E-state index in [1.807, 2.05) is 13.0 Å². The predicted octanol–water partition coefficient (Wildman–Crippen LogP) is 4.10. The summed E-state index contributed by atoms with van der Waals surface area (Å²) in [5.41, 5.74) is 2.16. The fraction of sp³-hybridized carbons (Fsp3) is 0.273. The average Bonchev–Trinajstić information content (AvgIpc) is 3.00. The Morgan fingerprint density at radius 1 is 1.13 bits per heavy atom. The summed E-state index contributed by atoms with van der Waals surface area (Å²) in [5.74, 6) is -0.566. The van der Waals surface area contributed by atoms with Gasteiger partial charge in [-0.05, 0) is 50.6 Å². The van der Waals surface area contributed by atoms with Crippen LogP contribution in [0, 0.1) is 25.5 Å². The van der Waals surface area contributed by atoms with E-state index in [0.717, 1.165) is 17.7 Å². The van der Waals surface area contributed by atoms with E-state index < -0.39 is 11.6 Å². The van der Waals surface area contributed by atoms with Gasteiger partial charge in [0.1, 0.15) is 11.5 Å². The highest BCUT2D eigenvalue weighted by Gasteiger charge is 2.21. The van der Waals surface area contributed by atoms with Gasteiger partial charge >= 0.3 is 0 Å². The van der Waals surface area contributed by atoms with Gasteiger partial charge in [-0.25, -0.2) is 13.5 Å². The maximum absolute atomic E-state index is 14.2. The van der Waals surface area contributed by atoms with Crippen LogP contribution < -0.4 is 14.8 Å². The first kappa shape index (κ1) is 21.3. The van der Waals surface area contributed by atoms with Crippen molar-refractivity contribution in [2.75, 3.05) is 13.7 Å². The number of benzene rings is 2. The molecule has 6 nitrogen and oxygen atoms in total. The summed E-state index contributed by atoms with van der Waals surface area (Å²) < 4.78 is 39.5. The molecule has 0 radical (unpaired) electrons. The van der Waals surface area contributed by atoms with Crippen LogP contribution in [0.15, 0.2) is 36.4 Å². The number of carbonyl (C=O) groups is 1. The number of aryl methyl sites for hydroxylation is 1. The topological polar surface area (TPSA) is 65.4 Å². The number of aromatic nitrogens is 2. The van der Waals surface area contributed by atoms with Crippen molar-refractivity contribution in [1.82, 2.24) is 15.1 Å². The molecule has 0 saturated carbocycles. The number of hydrogen-bond donors (Lipinski definition) is 1. The minimum atomic E-state index is -0.755. The minimum absolute atomic E-state index is 0.0764. The molecular weight excluding hydrogens is 392 g/mol. The van der Waals surface area contributed by atoms with Gasteiger partial charge in [0.2, 0.25) is 0 Å². The largest absolute Gasteiger partial charge is 0.493 e. The highest BCUT2D eigenvalue weighted by Crippen LogP contribution is 2.28. The molecule has 30 heavy (non-hydrogen) atoms. The number of rotatable bonds is 7. The summed E-state index contributed by atoms with van der Waals surface area (Å²) >= 11 is 0. The van der Waals surface area contributed by atoms with Gasteiger partial charge in [-0.15, -0.1) is 0 Å². The Kier molecular flexibility index (Phi) is 6.34. The van der Waals surface area contributed by atoms with Crippen molar-refractivity contribution in [1.29, 1.82) is 0 Å². The van der Waals surface area contributed by atoms with Gasteiger partial charge in [0.25, 0.3) is 5.91 Å². The van der Waals surface area contributed by atoms with E-state index in [4.69, 9.17) is 9.47 Å². The smallest absolute Gasteiger partial charge is 0.255 e. The highest BCUT2D eigenvalue weighted by molar-refractivity contribution is 5.96. The third-order valence-electron chi connectivity index (χ3n) is 4.64. The molecule has 1 heterocycles. The maximum Gasteiger partial charge on any atom is 0.255 e. The zero-order valence-corrected chi connectivity index (χ0v) is 17.3. The van der Waals surface area contributed by atoms with Crippen LogP contribution in [-0.4, -0.2) is 29.4 Å². The number of carbonyl (C=O) groups excluding carboxylic acids is 1. The molecule has 0 spiro atoms. The first-order valence-electron chi connectivity index (χ1n) is 9.45. The van der Waals surface area contributed by atoms with Crippen LogP contribution in [0.1, 0.15) is 34.2 Å². The van der Waals surface area contributed by atoms with Crippen LogP contribution in [0.3, 0.4) is 0 Å². The fourth-order valence-corrected chi connectivity index (χ4v) is 3.23. The lowest BCUT2D eigenvalue weighted by Gasteiger charge is -2.12. The van der Waals surface area contributed by atoms with Crippen LogP contribution in [0.5, 0.6) is 11.5 Å². The molecular formula is C22H23F2N3O3. The van der Waals surface area contributed by atoms with Crippen molar-refractivity contribution in [3.8, 4) is 17.2 Å². The zero-order chi connectivity index (χ0) is 21.8. The van der Waals surface area contributed by atoms with Crippen molar-refractivity contribution < 1.29 is 23.0 Å². The first-order chi connectivity index (χ1) is 14.3. The number of nitrogens with zero attached hydrogens (tertiary/aromatic N) is 2. The molecule has 8 heteroatoms. The van der Waals surface area contributed by atoms with Crippen LogP contribution in [0.2, 0.25) is 0 Å². The SMILES string of the molecule is CCOc1cc(CNC(=O)c2c(C)nn(-c3ccc(F)cc3F)c2C)ccc1OC. The van der Waals surface area contributed by atoms with E-state index in [1.165, 1.54) is 10.7 Å². The average molecular weight is 415 g/mol. The molecule has 3 aromatic rings. The first-order valence-corrected chi connectivity index (χ1v) is 9.45. The molecule has 1 N–H and O–H groups in total. The van der Waals surface area contributed by atoms with Gasteiger partial charge in [0, 0.05) is 12.6 Å². The second-order valence-corrected chi connectivity index (χ2v) is 6.65. The molecule has 0 aliphatic rings. The number of nitrogens with one attached hydrogen (secondary N) is 1. The molecule has 3 rings (SSSR count). The quantitative estimate of drug-likeness (QED) is 0.631. The molecule has 0 saturated heterocycles. The van der Waals surface area contributed by atoms with Crippen molar-refractivity contribution in [3.63, 3.8) is 0 Å². The van der Waals surface area contributed by atoms with Crippen molar-refractivity contribution >= 4 is 5.91 Å². The summed E-state index contributed by atoms with van der Waals surface area (Å²) in [7, 11) is 1.56.